The lowest BCUT2D eigenvalue weighted by atomic mass is 10.0. The average molecular weight is 426 g/mol. The Kier molecular flexibility index (Phi) is 29.8. The van der Waals surface area contributed by atoms with Crippen LogP contribution in [0.2, 0.25) is 0 Å². The second kappa shape index (κ2) is 27.7. The van der Waals surface area contributed by atoms with Crippen molar-refractivity contribution in [2.75, 3.05) is 0 Å². The molecule has 0 aliphatic heterocycles. The number of allylic oxidation sites excluding steroid dienone is 2. The maximum Gasteiger partial charge on any atom is 0.00105 e. The normalized spacial score (nSPS) is 8.48. The third kappa shape index (κ3) is 20.8. The molecule has 0 saturated heterocycles. The molecule has 1 nitrogen and oxygen atoms in total. The highest BCUT2D eigenvalue weighted by molar-refractivity contribution is 5.63. The lowest BCUT2D eigenvalue weighted by molar-refractivity contribution is 0.667. The largest absolute Gasteiger partial charge is 0.403 e. The van der Waals surface area contributed by atoms with Crippen LogP contribution in [0, 0.1) is 0 Å². The second-order valence-electron chi connectivity index (χ2n) is 6.36. The van der Waals surface area contributed by atoms with Gasteiger partial charge in [-0.25, -0.2) is 0 Å². The minimum atomic E-state index is 0.736. The maximum absolute atomic E-state index is 5.24. The van der Waals surface area contributed by atoms with Crippen molar-refractivity contribution in [3.8, 4) is 11.1 Å². The van der Waals surface area contributed by atoms with Gasteiger partial charge in [0.15, 0.2) is 0 Å². The molecule has 0 radical (unpaired) electrons. The Morgan fingerprint density at radius 2 is 1.29 bits per heavy atom. The molecule has 0 unspecified atom stereocenters. The predicted molar refractivity (Wildman–Crippen MR) is 147 cm³/mol. The van der Waals surface area contributed by atoms with Crippen LogP contribution < -0.4 is 5.73 Å². The quantitative estimate of drug-likeness (QED) is 0.314. The number of rotatable bonds is 9. The monoisotopic (exact) mass is 425 g/mol. The van der Waals surface area contributed by atoms with E-state index in [0.717, 1.165) is 18.5 Å². The van der Waals surface area contributed by atoms with Crippen LogP contribution in [0.25, 0.3) is 11.1 Å². The Morgan fingerprint density at radius 3 is 1.71 bits per heavy atom. The van der Waals surface area contributed by atoms with Gasteiger partial charge in [0.1, 0.15) is 0 Å². The Labute approximate surface area is 195 Å². The smallest absolute Gasteiger partial charge is 0.00105 e. The van der Waals surface area contributed by atoms with Crippen LogP contribution in [0.15, 0.2) is 79.5 Å². The average Bonchev–Trinajstić information content (AvgIpc) is 2.85. The van der Waals surface area contributed by atoms with Crippen molar-refractivity contribution in [3.63, 3.8) is 0 Å². The zero-order chi connectivity index (χ0) is 24.3. The first-order chi connectivity index (χ1) is 15.2. The molecule has 2 rings (SSSR count). The molecule has 0 saturated carbocycles. The molecule has 2 aromatic carbocycles. The van der Waals surface area contributed by atoms with Crippen molar-refractivity contribution in [1.82, 2.24) is 0 Å². The van der Waals surface area contributed by atoms with Gasteiger partial charge in [0.2, 0.25) is 0 Å². The Morgan fingerprint density at radius 1 is 0.774 bits per heavy atom. The molecule has 0 aliphatic carbocycles. The minimum absolute atomic E-state index is 0.736. The SMILES string of the molecule is C=CCCC(=C)N.CC.CC.CC.CCCCCCc1ccc(-c2ccccc2)cc1. The van der Waals surface area contributed by atoms with E-state index in [1.165, 1.54) is 48.8 Å². The Bertz CT molecular complexity index is 596. The lowest BCUT2D eigenvalue weighted by Gasteiger charge is -2.04. The first kappa shape index (κ1) is 33.4. The van der Waals surface area contributed by atoms with Crippen molar-refractivity contribution in [2.45, 2.75) is 93.4 Å². The molecule has 0 spiro atoms. The van der Waals surface area contributed by atoms with Gasteiger partial charge >= 0.3 is 0 Å². The van der Waals surface area contributed by atoms with Gasteiger partial charge in [-0.05, 0) is 42.4 Å². The summed E-state index contributed by atoms with van der Waals surface area (Å²) in [5.41, 5.74) is 10.0. The topological polar surface area (TPSA) is 26.0 Å². The summed E-state index contributed by atoms with van der Waals surface area (Å²) in [6.07, 6.45) is 10.2. The van der Waals surface area contributed by atoms with Crippen LogP contribution in [-0.4, -0.2) is 0 Å². The maximum atomic E-state index is 5.24. The first-order valence-corrected chi connectivity index (χ1v) is 12.4. The van der Waals surface area contributed by atoms with Gasteiger partial charge in [0, 0.05) is 5.70 Å². The molecule has 31 heavy (non-hydrogen) atoms. The van der Waals surface area contributed by atoms with Crippen molar-refractivity contribution >= 4 is 0 Å². The van der Waals surface area contributed by atoms with Crippen LogP contribution in [0.3, 0.4) is 0 Å². The Balaban J connectivity index is -0.000000508. The van der Waals surface area contributed by atoms with E-state index in [1.54, 1.807) is 0 Å². The molecule has 0 aromatic heterocycles. The fourth-order valence-electron chi connectivity index (χ4n) is 2.54. The number of hydrogen-bond donors (Lipinski definition) is 1. The van der Waals surface area contributed by atoms with Gasteiger partial charge in [0.25, 0.3) is 0 Å². The molecule has 0 bridgehead atoms. The molecule has 0 aliphatic rings. The summed E-state index contributed by atoms with van der Waals surface area (Å²) in [6, 6.07) is 19.6. The third-order valence-electron chi connectivity index (χ3n) is 4.05. The molecule has 1 heteroatoms. The third-order valence-corrected chi connectivity index (χ3v) is 4.05. The summed E-state index contributed by atoms with van der Waals surface area (Å²) in [7, 11) is 0. The van der Waals surface area contributed by atoms with E-state index in [2.05, 4.69) is 74.7 Å². The van der Waals surface area contributed by atoms with E-state index >= 15 is 0 Å². The van der Waals surface area contributed by atoms with E-state index < -0.39 is 0 Å². The molecule has 0 heterocycles. The van der Waals surface area contributed by atoms with Crippen LogP contribution in [0.5, 0.6) is 0 Å². The zero-order valence-electron chi connectivity index (χ0n) is 21.7. The van der Waals surface area contributed by atoms with Gasteiger partial charge in [-0.1, -0.05) is 135 Å². The van der Waals surface area contributed by atoms with Crippen molar-refractivity contribution in [1.29, 1.82) is 0 Å². The summed E-state index contributed by atoms with van der Waals surface area (Å²) < 4.78 is 0. The molecule has 2 N–H and O–H groups in total. The fourth-order valence-corrected chi connectivity index (χ4v) is 2.54. The number of nitrogens with two attached hydrogens (primary N) is 1. The van der Waals surface area contributed by atoms with E-state index in [-0.39, 0.29) is 0 Å². The van der Waals surface area contributed by atoms with Gasteiger partial charge in [-0.2, -0.15) is 0 Å². The first-order valence-electron chi connectivity index (χ1n) is 12.4. The summed E-state index contributed by atoms with van der Waals surface area (Å²) >= 11 is 0. The van der Waals surface area contributed by atoms with Crippen molar-refractivity contribution in [2.24, 2.45) is 5.73 Å². The van der Waals surface area contributed by atoms with E-state index in [4.69, 9.17) is 5.73 Å². The van der Waals surface area contributed by atoms with E-state index in [1.807, 2.05) is 47.6 Å². The molecule has 0 amide bonds. The molecular weight excluding hydrogens is 374 g/mol. The highest BCUT2D eigenvalue weighted by atomic mass is 14.5. The number of benzene rings is 2. The fraction of sp³-hybridized carbons (Fsp3) is 0.467. The van der Waals surface area contributed by atoms with Crippen LogP contribution in [0.4, 0.5) is 0 Å². The summed E-state index contributed by atoms with van der Waals surface area (Å²) in [6.45, 7) is 21.3. The van der Waals surface area contributed by atoms with E-state index in [9.17, 15) is 0 Å². The standard InChI is InChI=1S/C18H22.C6H11N.3C2H6/c1-2-3-4-6-9-16-12-14-18(15-13-16)17-10-7-5-8-11-17;1-3-4-5-6(2)7;3*1-2/h5,7-8,10-15H,2-4,6,9H2,1H3;3H,1-2,4-5,7H2;3*1-2H3. The summed E-state index contributed by atoms with van der Waals surface area (Å²) in [5.74, 6) is 0. The second-order valence-corrected chi connectivity index (χ2v) is 6.36. The molecule has 0 fully saturated rings. The lowest BCUT2D eigenvalue weighted by Crippen LogP contribution is -1.92. The highest BCUT2D eigenvalue weighted by Crippen LogP contribution is 2.20. The number of unbranched alkanes of at least 4 members (excludes halogenated alkanes) is 3. The predicted octanol–water partition coefficient (Wildman–Crippen LogP) is 9.98. The van der Waals surface area contributed by atoms with Gasteiger partial charge in [0.05, 0.1) is 0 Å². The van der Waals surface area contributed by atoms with Crippen LogP contribution >= 0.6 is 0 Å². The minimum Gasteiger partial charge on any atom is -0.403 e. The van der Waals surface area contributed by atoms with Gasteiger partial charge in [-0.15, -0.1) is 6.58 Å². The van der Waals surface area contributed by atoms with Gasteiger partial charge < -0.3 is 5.73 Å². The Hall–Kier alpha value is -2.28. The van der Waals surface area contributed by atoms with Crippen LogP contribution in [0.1, 0.15) is 92.6 Å². The molecule has 176 valence electrons. The summed E-state index contributed by atoms with van der Waals surface area (Å²) in [5, 5.41) is 0. The zero-order valence-corrected chi connectivity index (χ0v) is 21.7. The van der Waals surface area contributed by atoms with Crippen LogP contribution in [-0.2, 0) is 6.42 Å². The van der Waals surface area contributed by atoms with E-state index in [0.29, 0.717) is 0 Å². The molecule has 0 atom stereocenters. The van der Waals surface area contributed by atoms with Crippen molar-refractivity contribution in [3.05, 3.63) is 85.1 Å². The van der Waals surface area contributed by atoms with Crippen molar-refractivity contribution < 1.29 is 0 Å². The van der Waals surface area contributed by atoms with Gasteiger partial charge in [-0.3, -0.25) is 0 Å². The molecular formula is C30H51N. The number of hydrogen-bond acceptors (Lipinski definition) is 1. The summed E-state index contributed by atoms with van der Waals surface area (Å²) in [4.78, 5) is 0. The highest BCUT2D eigenvalue weighted by Gasteiger charge is 1.97. The molecule has 2 aromatic rings. The number of aryl methyl sites for hydroxylation is 1.